The number of benzene rings is 1. The van der Waals surface area contributed by atoms with Crippen molar-refractivity contribution >= 4 is 5.57 Å². The van der Waals surface area contributed by atoms with Crippen LogP contribution in [-0.2, 0) is 0 Å². The minimum atomic E-state index is -1.07. The summed E-state index contributed by atoms with van der Waals surface area (Å²) in [5.74, 6) is -0.0174. The quantitative estimate of drug-likeness (QED) is 0.657. The maximum absolute atomic E-state index is 14.7. The average Bonchev–Trinajstić information content (AvgIpc) is 3.41. The lowest BCUT2D eigenvalue weighted by atomic mass is 9.84. The lowest BCUT2D eigenvalue weighted by molar-refractivity contribution is 0.178. The van der Waals surface area contributed by atoms with E-state index in [1.807, 2.05) is 12.2 Å². The minimum absolute atomic E-state index is 0.0190. The Morgan fingerprint density at radius 2 is 2.17 bits per heavy atom. The molecule has 2 N–H and O–H groups in total. The average molecular weight is 391 g/mol. The Balaban J connectivity index is 1.37. The molecule has 0 spiro atoms. The van der Waals surface area contributed by atoms with Crippen molar-refractivity contribution in [3.8, 4) is 22.7 Å². The molecule has 2 aromatic heterocycles. The fourth-order valence-electron chi connectivity index (χ4n) is 3.88. The predicted molar refractivity (Wildman–Crippen MR) is 104 cm³/mol. The highest BCUT2D eigenvalue weighted by Gasteiger charge is 2.40. The van der Waals surface area contributed by atoms with E-state index in [2.05, 4.69) is 37.4 Å². The first-order chi connectivity index (χ1) is 14.1. The molecule has 2 aliphatic rings. The van der Waals surface area contributed by atoms with Crippen LogP contribution in [0.1, 0.15) is 12.2 Å². The summed E-state index contributed by atoms with van der Waals surface area (Å²) in [5, 5.41) is 29.6. The molecule has 146 valence electrons. The van der Waals surface area contributed by atoms with E-state index in [1.54, 1.807) is 30.6 Å². The molecule has 29 heavy (non-hydrogen) atoms. The summed E-state index contributed by atoms with van der Waals surface area (Å²) in [6, 6.07) is 4.92. The van der Waals surface area contributed by atoms with Gasteiger partial charge in [-0.1, -0.05) is 23.9 Å². The number of aromatic hydroxyl groups is 1. The third-order valence-corrected chi connectivity index (χ3v) is 5.43. The van der Waals surface area contributed by atoms with Crippen molar-refractivity contribution in [1.29, 1.82) is 0 Å². The van der Waals surface area contributed by atoms with Gasteiger partial charge in [0, 0.05) is 23.6 Å². The van der Waals surface area contributed by atoms with Crippen LogP contribution < -0.4 is 5.32 Å². The highest BCUT2D eigenvalue weighted by atomic mass is 19.1. The van der Waals surface area contributed by atoms with Gasteiger partial charge in [-0.05, 0) is 24.1 Å². The van der Waals surface area contributed by atoms with Crippen molar-refractivity contribution in [3.63, 3.8) is 0 Å². The molecule has 2 aliphatic heterocycles. The number of aromatic nitrogens is 6. The van der Waals surface area contributed by atoms with Gasteiger partial charge in [0.2, 0.25) is 0 Å². The second kappa shape index (κ2) is 6.85. The second-order valence-corrected chi connectivity index (χ2v) is 7.21. The van der Waals surface area contributed by atoms with Gasteiger partial charge in [-0.25, -0.2) is 14.1 Å². The summed E-state index contributed by atoms with van der Waals surface area (Å²) >= 11 is 0. The van der Waals surface area contributed by atoms with Gasteiger partial charge in [-0.2, -0.15) is 0 Å². The van der Waals surface area contributed by atoms with Gasteiger partial charge in [0.05, 0.1) is 30.3 Å². The summed E-state index contributed by atoms with van der Waals surface area (Å²) in [6.45, 7) is 4.03. The highest BCUT2D eigenvalue weighted by molar-refractivity contribution is 5.68. The molecule has 0 aliphatic carbocycles. The molecular formula is C20H18FN7O. The summed E-state index contributed by atoms with van der Waals surface area (Å²) in [7, 11) is 0. The maximum atomic E-state index is 14.7. The number of allylic oxidation sites excluding steroid dienone is 1. The Morgan fingerprint density at radius 1 is 1.28 bits per heavy atom. The number of nitrogens with zero attached hydrogens (tertiary/aromatic N) is 6. The topological polar surface area (TPSA) is 102 Å². The first kappa shape index (κ1) is 17.6. The molecule has 0 saturated carbocycles. The molecule has 1 aromatic carbocycles. The first-order valence-electron chi connectivity index (χ1n) is 9.27. The summed E-state index contributed by atoms with van der Waals surface area (Å²) in [6.07, 6.45) is 8.15. The lowest BCUT2D eigenvalue weighted by Crippen LogP contribution is -2.47. The van der Waals surface area contributed by atoms with E-state index >= 15 is 0 Å². The van der Waals surface area contributed by atoms with Crippen LogP contribution in [0.5, 0.6) is 5.75 Å². The largest absolute Gasteiger partial charge is 0.507 e. The zero-order valence-corrected chi connectivity index (χ0v) is 15.4. The number of phenolic OH excluding ortho intramolecular Hbond substituents is 1. The molecule has 5 rings (SSSR count). The Bertz CT molecular complexity index is 1080. The molecule has 8 nitrogen and oxygen atoms in total. The van der Waals surface area contributed by atoms with E-state index in [1.165, 1.54) is 10.9 Å². The van der Waals surface area contributed by atoms with E-state index in [-0.39, 0.29) is 23.8 Å². The summed E-state index contributed by atoms with van der Waals surface area (Å²) in [4.78, 5) is 4.33. The number of rotatable bonds is 4. The van der Waals surface area contributed by atoms with Crippen molar-refractivity contribution in [2.45, 2.75) is 24.7 Å². The molecule has 1 saturated heterocycles. The fraction of sp³-hybridized carbons (Fsp3) is 0.250. The number of phenols is 1. The number of alkyl halides is 1. The predicted octanol–water partition coefficient (Wildman–Crippen LogP) is 2.09. The standard InChI is InChI=1S/C20H18FN7O/c1-11(15-8-12-2-5-16(24-12)19(15)21)20-22-10-17(25-26-20)14-4-3-13(9-18(14)29)28-7-6-23-27-28/h2-7,9-10,12,15-16,19,24,29H,1,8H2/t12?,15-,16?,19-/m1/s1. The van der Waals surface area contributed by atoms with Gasteiger partial charge >= 0.3 is 0 Å². The molecule has 4 atom stereocenters. The first-order valence-corrected chi connectivity index (χ1v) is 9.27. The van der Waals surface area contributed by atoms with E-state index < -0.39 is 6.17 Å². The van der Waals surface area contributed by atoms with Crippen LogP contribution in [0.25, 0.3) is 22.5 Å². The Morgan fingerprint density at radius 3 is 2.90 bits per heavy atom. The summed E-state index contributed by atoms with van der Waals surface area (Å²) in [5.41, 5.74) is 2.10. The van der Waals surface area contributed by atoms with Crippen LogP contribution in [0.3, 0.4) is 0 Å². The van der Waals surface area contributed by atoms with E-state index in [0.29, 0.717) is 34.8 Å². The number of hydrogen-bond acceptors (Lipinski definition) is 7. The zero-order chi connectivity index (χ0) is 20.0. The third kappa shape index (κ3) is 3.09. The van der Waals surface area contributed by atoms with Gasteiger partial charge in [0.1, 0.15) is 17.6 Å². The molecule has 9 heteroatoms. The molecule has 0 radical (unpaired) electrons. The van der Waals surface area contributed by atoms with Crippen LogP contribution >= 0.6 is 0 Å². The minimum Gasteiger partial charge on any atom is -0.507 e. The molecule has 4 heterocycles. The zero-order valence-electron chi connectivity index (χ0n) is 15.4. The normalized spacial score (nSPS) is 25.3. The van der Waals surface area contributed by atoms with Gasteiger partial charge in [0.15, 0.2) is 5.82 Å². The molecular weight excluding hydrogens is 373 g/mol. The second-order valence-electron chi connectivity index (χ2n) is 7.21. The molecule has 2 unspecified atom stereocenters. The van der Waals surface area contributed by atoms with Gasteiger partial charge in [0.25, 0.3) is 0 Å². The monoisotopic (exact) mass is 391 g/mol. The molecule has 2 bridgehead atoms. The van der Waals surface area contributed by atoms with Crippen LogP contribution in [0, 0.1) is 5.92 Å². The van der Waals surface area contributed by atoms with Crippen LogP contribution in [0.15, 0.2) is 55.5 Å². The Labute approximate surface area is 165 Å². The number of halogens is 1. The van der Waals surface area contributed by atoms with Gasteiger partial charge in [-0.3, -0.25) is 0 Å². The molecule has 3 aromatic rings. The van der Waals surface area contributed by atoms with Crippen molar-refractivity contribution in [2.24, 2.45) is 5.92 Å². The van der Waals surface area contributed by atoms with Crippen molar-refractivity contribution in [3.05, 3.63) is 61.3 Å². The molecule has 1 fully saturated rings. The lowest BCUT2D eigenvalue weighted by Gasteiger charge is -2.33. The van der Waals surface area contributed by atoms with Gasteiger partial charge < -0.3 is 10.4 Å². The van der Waals surface area contributed by atoms with Crippen molar-refractivity contribution in [2.75, 3.05) is 0 Å². The fourth-order valence-corrected chi connectivity index (χ4v) is 3.88. The number of piperidine rings is 1. The third-order valence-electron chi connectivity index (χ3n) is 5.43. The van der Waals surface area contributed by atoms with Crippen LogP contribution in [0.4, 0.5) is 4.39 Å². The maximum Gasteiger partial charge on any atom is 0.177 e. The van der Waals surface area contributed by atoms with Crippen molar-refractivity contribution < 1.29 is 9.50 Å². The highest BCUT2D eigenvalue weighted by Crippen LogP contribution is 2.36. The van der Waals surface area contributed by atoms with E-state index in [9.17, 15) is 9.50 Å². The smallest absolute Gasteiger partial charge is 0.177 e. The Hall–Kier alpha value is -3.46. The van der Waals surface area contributed by atoms with E-state index in [0.717, 1.165) is 0 Å². The van der Waals surface area contributed by atoms with Gasteiger partial charge in [-0.15, -0.1) is 15.3 Å². The Kier molecular flexibility index (Phi) is 4.17. The van der Waals surface area contributed by atoms with E-state index in [4.69, 9.17) is 0 Å². The number of fused-ring (bicyclic) bond motifs is 2. The number of nitrogens with one attached hydrogen (secondary N) is 1. The van der Waals surface area contributed by atoms with Crippen molar-refractivity contribution in [1.82, 2.24) is 35.5 Å². The van der Waals surface area contributed by atoms with Crippen LogP contribution in [0.2, 0.25) is 0 Å². The summed E-state index contributed by atoms with van der Waals surface area (Å²) < 4.78 is 16.3. The SMILES string of the molecule is C=C(c1ncc(-c2ccc(-n3ccnn3)cc2O)nn1)[C@H]1CC2C=CC(N2)[C@@H]1F. The van der Waals surface area contributed by atoms with Crippen LogP contribution in [-0.4, -0.2) is 53.5 Å². The molecule has 0 amide bonds. The number of hydrogen-bond donors (Lipinski definition) is 2.